The third-order valence-corrected chi connectivity index (χ3v) is 5.14. The Bertz CT molecular complexity index is 740. The summed E-state index contributed by atoms with van der Waals surface area (Å²) in [6.07, 6.45) is 1.15. The van der Waals surface area contributed by atoms with Crippen molar-refractivity contribution in [2.45, 2.75) is 25.8 Å². The highest BCUT2D eigenvalue weighted by molar-refractivity contribution is 7.21. The van der Waals surface area contributed by atoms with Crippen LogP contribution in [0.15, 0.2) is 18.2 Å². The molecule has 1 N–H and O–H groups in total. The van der Waals surface area contributed by atoms with Gasteiger partial charge in [0, 0.05) is 16.6 Å². The fourth-order valence-electron chi connectivity index (χ4n) is 2.85. The lowest BCUT2D eigenvalue weighted by Crippen LogP contribution is -2.40. The maximum Gasteiger partial charge on any atom is 0.326 e. The number of benzene rings is 1. The Morgan fingerprint density at radius 1 is 1.43 bits per heavy atom. The first-order valence-corrected chi connectivity index (χ1v) is 7.53. The third-order valence-electron chi connectivity index (χ3n) is 3.90. The van der Waals surface area contributed by atoms with Crippen LogP contribution >= 0.6 is 11.3 Å². The predicted octanol–water partition coefficient (Wildman–Crippen LogP) is 3.04. The second-order valence-electron chi connectivity index (χ2n) is 5.16. The van der Waals surface area contributed by atoms with Gasteiger partial charge in [0.25, 0.3) is 5.91 Å². The molecule has 2 heterocycles. The number of thiophene rings is 1. The fraction of sp³-hybridized carbons (Fsp3) is 0.333. The molecule has 0 bridgehead atoms. The average molecular weight is 307 g/mol. The molecule has 1 aromatic carbocycles. The summed E-state index contributed by atoms with van der Waals surface area (Å²) in [6, 6.07) is 3.97. The van der Waals surface area contributed by atoms with Crippen molar-refractivity contribution in [1.29, 1.82) is 0 Å². The molecule has 4 nitrogen and oxygen atoms in total. The van der Waals surface area contributed by atoms with Gasteiger partial charge < -0.3 is 10.0 Å². The second-order valence-corrected chi connectivity index (χ2v) is 6.22. The lowest BCUT2D eigenvalue weighted by Gasteiger charge is -2.21. The van der Waals surface area contributed by atoms with E-state index >= 15 is 0 Å². The van der Waals surface area contributed by atoms with Crippen molar-refractivity contribution in [3.63, 3.8) is 0 Å². The summed E-state index contributed by atoms with van der Waals surface area (Å²) in [5.41, 5.74) is 0.592. The van der Waals surface area contributed by atoms with Gasteiger partial charge in [-0.25, -0.2) is 9.18 Å². The molecule has 21 heavy (non-hydrogen) atoms. The minimum absolute atomic E-state index is 0.307. The quantitative estimate of drug-likeness (QED) is 0.927. The predicted molar refractivity (Wildman–Crippen MR) is 78.2 cm³/mol. The lowest BCUT2D eigenvalue weighted by atomic mass is 10.1. The number of likely N-dealkylation sites (tertiary alicyclic amines) is 1. The fourth-order valence-corrected chi connectivity index (χ4v) is 4.03. The van der Waals surface area contributed by atoms with Crippen molar-refractivity contribution >= 4 is 33.3 Å². The molecule has 0 saturated carbocycles. The average Bonchev–Trinajstić information content (AvgIpc) is 3.04. The highest BCUT2D eigenvalue weighted by atomic mass is 32.1. The Labute approximate surface area is 124 Å². The number of carboxylic acid groups (broad SMARTS) is 1. The molecule has 1 aliphatic heterocycles. The van der Waals surface area contributed by atoms with Crippen LogP contribution in [0.25, 0.3) is 10.1 Å². The van der Waals surface area contributed by atoms with Crippen molar-refractivity contribution in [3.05, 3.63) is 34.5 Å². The van der Waals surface area contributed by atoms with E-state index in [0.29, 0.717) is 39.9 Å². The summed E-state index contributed by atoms with van der Waals surface area (Å²) in [5, 5.41) is 9.64. The first-order valence-electron chi connectivity index (χ1n) is 6.72. The second kappa shape index (κ2) is 5.11. The van der Waals surface area contributed by atoms with Gasteiger partial charge >= 0.3 is 5.97 Å². The van der Waals surface area contributed by atoms with E-state index in [1.54, 1.807) is 19.1 Å². The molecule has 0 spiro atoms. The Hall–Kier alpha value is -1.95. The molecule has 110 valence electrons. The van der Waals surface area contributed by atoms with E-state index in [1.807, 2.05) is 0 Å². The standard InChI is InChI=1S/C15H14FNO3S/c1-8-12-9(16)4-2-6-11(12)21-13(8)14(18)17-7-3-5-10(17)15(19)20/h2,4,6,10H,3,5,7H2,1H3,(H,19,20). The van der Waals surface area contributed by atoms with Crippen molar-refractivity contribution < 1.29 is 19.1 Å². The number of aryl methyl sites for hydroxylation is 1. The summed E-state index contributed by atoms with van der Waals surface area (Å²) in [4.78, 5) is 25.6. The summed E-state index contributed by atoms with van der Waals surface area (Å²) in [7, 11) is 0. The highest BCUT2D eigenvalue weighted by Crippen LogP contribution is 2.34. The number of carboxylic acids is 1. The maximum atomic E-state index is 13.9. The summed E-state index contributed by atoms with van der Waals surface area (Å²) in [6.45, 7) is 2.15. The molecule has 1 aliphatic rings. The molecule has 6 heteroatoms. The van der Waals surface area contributed by atoms with E-state index in [2.05, 4.69) is 0 Å². The first kappa shape index (κ1) is 14.0. The lowest BCUT2D eigenvalue weighted by molar-refractivity contribution is -0.141. The molecule has 0 aliphatic carbocycles. The van der Waals surface area contributed by atoms with Gasteiger partial charge in [0.1, 0.15) is 11.9 Å². The van der Waals surface area contributed by atoms with Gasteiger partial charge in [0.2, 0.25) is 0 Å². The number of carbonyl (C=O) groups is 2. The van der Waals surface area contributed by atoms with Crippen molar-refractivity contribution in [2.75, 3.05) is 6.54 Å². The highest BCUT2D eigenvalue weighted by Gasteiger charge is 2.35. The minimum atomic E-state index is -0.981. The van der Waals surface area contributed by atoms with Crippen molar-refractivity contribution in [3.8, 4) is 0 Å². The van der Waals surface area contributed by atoms with Crippen LogP contribution in [0.3, 0.4) is 0 Å². The topological polar surface area (TPSA) is 57.6 Å². The molecule has 0 radical (unpaired) electrons. The van der Waals surface area contributed by atoms with E-state index in [-0.39, 0.29) is 11.7 Å². The molecule has 1 aromatic heterocycles. The molecular weight excluding hydrogens is 293 g/mol. The molecule has 1 fully saturated rings. The Morgan fingerprint density at radius 3 is 2.86 bits per heavy atom. The zero-order chi connectivity index (χ0) is 15.1. The smallest absolute Gasteiger partial charge is 0.326 e. The van der Waals surface area contributed by atoms with Gasteiger partial charge in [0.15, 0.2) is 0 Å². The Kier molecular flexibility index (Phi) is 3.41. The number of nitrogens with zero attached hydrogens (tertiary/aromatic N) is 1. The van der Waals surface area contributed by atoms with Gasteiger partial charge in [-0.2, -0.15) is 0 Å². The molecule has 3 rings (SSSR count). The van der Waals surface area contributed by atoms with Crippen LogP contribution in [-0.2, 0) is 4.79 Å². The number of carbonyl (C=O) groups excluding carboxylic acids is 1. The van der Waals surface area contributed by atoms with E-state index in [9.17, 15) is 19.1 Å². The number of hydrogen-bond donors (Lipinski definition) is 1. The largest absolute Gasteiger partial charge is 0.480 e. The summed E-state index contributed by atoms with van der Waals surface area (Å²) in [5.74, 6) is -1.64. The molecule has 1 saturated heterocycles. The van der Waals surface area contributed by atoms with Gasteiger partial charge in [0.05, 0.1) is 4.88 Å². The van der Waals surface area contributed by atoms with E-state index < -0.39 is 12.0 Å². The minimum Gasteiger partial charge on any atom is -0.480 e. The van der Waals surface area contributed by atoms with Gasteiger partial charge in [-0.05, 0) is 37.5 Å². The van der Waals surface area contributed by atoms with Crippen LogP contribution in [-0.4, -0.2) is 34.5 Å². The van der Waals surface area contributed by atoms with Crippen LogP contribution < -0.4 is 0 Å². The van der Waals surface area contributed by atoms with Crippen LogP contribution in [0, 0.1) is 12.7 Å². The van der Waals surface area contributed by atoms with Gasteiger partial charge in [-0.3, -0.25) is 4.79 Å². The first-order chi connectivity index (χ1) is 10.0. The summed E-state index contributed by atoms with van der Waals surface area (Å²) < 4.78 is 14.6. The monoisotopic (exact) mass is 307 g/mol. The van der Waals surface area contributed by atoms with E-state index in [0.717, 1.165) is 0 Å². The molecular formula is C15H14FNO3S. The van der Waals surface area contributed by atoms with Gasteiger partial charge in [-0.15, -0.1) is 11.3 Å². The van der Waals surface area contributed by atoms with Crippen molar-refractivity contribution in [1.82, 2.24) is 4.90 Å². The number of amides is 1. The number of fused-ring (bicyclic) bond motifs is 1. The number of halogens is 1. The van der Waals surface area contributed by atoms with Gasteiger partial charge in [-0.1, -0.05) is 6.07 Å². The molecule has 1 amide bonds. The Morgan fingerprint density at radius 2 is 2.19 bits per heavy atom. The van der Waals surface area contributed by atoms with Crippen LogP contribution in [0.2, 0.25) is 0 Å². The number of rotatable bonds is 2. The normalized spacial score (nSPS) is 18.4. The molecule has 1 unspecified atom stereocenters. The van der Waals surface area contributed by atoms with E-state index in [4.69, 9.17) is 0 Å². The van der Waals surface area contributed by atoms with Crippen LogP contribution in [0.4, 0.5) is 4.39 Å². The number of hydrogen-bond acceptors (Lipinski definition) is 3. The molecule has 1 atom stereocenters. The van der Waals surface area contributed by atoms with E-state index in [1.165, 1.54) is 22.3 Å². The zero-order valence-corrected chi connectivity index (χ0v) is 12.2. The zero-order valence-electron chi connectivity index (χ0n) is 11.4. The Balaban J connectivity index is 2.04. The third kappa shape index (κ3) is 2.19. The maximum absolute atomic E-state index is 13.9. The molecule has 2 aromatic rings. The van der Waals surface area contributed by atoms with Crippen molar-refractivity contribution in [2.24, 2.45) is 0 Å². The SMILES string of the molecule is Cc1c(C(=O)N2CCCC2C(=O)O)sc2cccc(F)c12. The van der Waals surface area contributed by atoms with Crippen LogP contribution in [0.5, 0.6) is 0 Å². The summed E-state index contributed by atoms with van der Waals surface area (Å²) >= 11 is 1.22. The number of aliphatic carboxylic acids is 1. The van der Waals surface area contributed by atoms with Crippen LogP contribution in [0.1, 0.15) is 28.1 Å².